The van der Waals surface area contributed by atoms with E-state index in [4.69, 9.17) is 4.98 Å². The van der Waals surface area contributed by atoms with Gasteiger partial charge >= 0.3 is 0 Å². The minimum atomic E-state index is 0.730. The number of nitrogens with one attached hydrogen (secondary N) is 3. The maximum absolute atomic E-state index is 4.70. The molecule has 1 aliphatic rings. The Labute approximate surface area is 216 Å². The van der Waals surface area contributed by atoms with Crippen LogP contribution in [0.1, 0.15) is 24.6 Å². The molecule has 0 aliphatic heterocycles. The van der Waals surface area contributed by atoms with Gasteiger partial charge in [0.1, 0.15) is 5.69 Å². The van der Waals surface area contributed by atoms with E-state index >= 15 is 0 Å². The van der Waals surface area contributed by atoms with Gasteiger partial charge in [0.05, 0.1) is 34.8 Å². The molecule has 0 saturated carbocycles. The number of aromatic amines is 2. The fraction of sp³-hybridized carbons (Fsp3) is 0.167. The Bertz CT molecular complexity index is 1620. The Morgan fingerprint density at radius 2 is 2.03 bits per heavy atom. The Kier molecular flexibility index (Phi) is 6.70. The maximum atomic E-state index is 4.70. The number of aromatic nitrogens is 5. The van der Waals surface area contributed by atoms with Crippen LogP contribution in [0.15, 0.2) is 91.7 Å². The van der Waals surface area contributed by atoms with E-state index < -0.39 is 0 Å². The van der Waals surface area contributed by atoms with Crippen molar-refractivity contribution < 1.29 is 0 Å². The van der Waals surface area contributed by atoms with Gasteiger partial charge in [0.15, 0.2) is 0 Å². The number of pyridine rings is 2. The Balaban J connectivity index is 1.52. The summed E-state index contributed by atoms with van der Waals surface area (Å²) in [6.07, 6.45) is 19.0. The van der Waals surface area contributed by atoms with E-state index in [1.165, 1.54) is 5.57 Å². The van der Waals surface area contributed by atoms with Crippen LogP contribution >= 0.6 is 0 Å². The van der Waals surface area contributed by atoms with Crippen molar-refractivity contribution in [2.45, 2.75) is 13.3 Å². The number of nitrogens with zero attached hydrogens (tertiary/aromatic N) is 4. The van der Waals surface area contributed by atoms with Gasteiger partial charge in [-0.2, -0.15) is 5.10 Å². The summed E-state index contributed by atoms with van der Waals surface area (Å²) in [4.78, 5) is 14.7. The second kappa shape index (κ2) is 10.2. The van der Waals surface area contributed by atoms with Gasteiger partial charge in [-0.05, 0) is 62.9 Å². The molecule has 1 aliphatic carbocycles. The molecule has 0 saturated heterocycles. The third-order valence-electron chi connectivity index (χ3n) is 6.30. The van der Waals surface area contributed by atoms with Crippen molar-refractivity contribution in [3.05, 3.63) is 103 Å². The third kappa shape index (κ3) is 4.94. The van der Waals surface area contributed by atoms with E-state index in [1.54, 1.807) is 6.08 Å². The van der Waals surface area contributed by atoms with Crippen LogP contribution in [0.4, 0.5) is 0 Å². The molecule has 0 fully saturated rings. The van der Waals surface area contributed by atoms with E-state index in [0.29, 0.717) is 0 Å². The molecule has 0 spiro atoms. The van der Waals surface area contributed by atoms with Gasteiger partial charge in [0.2, 0.25) is 0 Å². The van der Waals surface area contributed by atoms with Crippen LogP contribution in [0, 0.1) is 0 Å². The SMILES string of the molecule is C=C/C(=C\C(=C/C)c1cc2c(-c3cc4c(C5=CCC=C5)cncc4[nH]3)n[nH]c2cn1)NC(=C)CN(C)C. The van der Waals surface area contributed by atoms with Crippen LogP contribution in [-0.2, 0) is 0 Å². The lowest BCUT2D eigenvalue weighted by atomic mass is 10.0. The van der Waals surface area contributed by atoms with Crippen molar-refractivity contribution in [2.24, 2.45) is 0 Å². The van der Waals surface area contributed by atoms with E-state index in [-0.39, 0.29) is 0 Å². The molecule has 0 aromatic carbocycles. The normalized spacial score (nSPS) is 14.1. The number of fused-ring (bicyclic) bond motifs is 2. The molecule has 5 rings (SSSR count). The molecule has 186 valence electrons. The van der Waals surface area contributed by atoms with Gasteiger partial charge in [-0.3, -0.25) is 15.1 Å². The fourth-order valence-corrected chi connectivity index (χ4v) is 4.59. The van der Waals surface area contributed by atoms with E-state index in [9.17, 15) is 0 Å². The first-order chi connectivity index (χ1) is 18.0. The highest BCUT2D eigenvalue weighted by Gasteiger charge is 2.16. The first-order valence-corrected chi connectivity index (χ1v) is 12.3. The van der Waals surface area contributed by atoms with Crippen LogP contribution in [0.5, 0.6) is 0 Å². The fourth-order valence-electron chi connectivity index (χ4n) is 4.59. The van der Waals surface area contributed by atoms with Gasteiger partial charge < -0.3 is 15.2 Å². The minimum Gasteiger partial charge on any atom is -0.358 e. The number of rotatable bonds is 9. The summed E-state index contributed by atoms with van der Waals surface area (Å²) in [6, 6.07) is 4.23. The summed E-state index contributed by atoms with van der Waals surface area (Å²) >= 11 is 0. The van der Waals surface area contributed by atoms with E-state index in [2.05, 4.69) is 73.9 Å². The van der Waals surface area contributed by atoms with Crippen molar-refractivity contribution in [3.63, 3.8) is 0 Å². The lowest BCUT2D eigenvalue weighted by molar-refractivity contribution is 0.438. The Morgan fingerprint density at radius 1 is 1.16 bits per heavy atom. The molecule has 4 aromatic heterocycles. The topological polar surface area (TPSA) is 85.5 Å². The van der Waals surface area contributed by atoms with Crippen LogP contribution in [-0.4, -0.2) is 50.7 Å². The Hall–Kier alpha value is -4.49. The molecule has 37 heavy (non-hydrogen) atoms. The molecule has 0 atom stereocenters. The largest absolute Gasteiger partial charge is 0.358 e. The lowest BCUT2D eigenvalue weighted by Gasteiger charge is -2.15. The summed E-state index contributed by atoms with van der Waals surface area (Å²) in [5, 5.41) is 13.2. The Morgan fingerprint density at radius 3 is 2.76 bits per heavy atom. The van der Waals surface area contributed by atoms with Crippen molar-refractivity contribution in [1.82, 2.24) is 35.4 Å². The smallest absolute Gasteiger partial charge is 0.116 e. The highest BCUT2D eigenvalue weighted by molar-refractivity contribution is 6.00. The number of likely N-dealkylation sites (N-methyl/N-ethyl adjacent to an activating group) is 1. The molecule has 0 bridgehead atoms. The summed E-state index contributed by atoms with van der Waals surface area (Å²) in [6.45, 7) is 10.8. The molecule has 3 N–H and O–H groups in total. The maximum Gasteiger partial charge on any atom is 0.116 e. The number of allylic oxidation sites excluding steroid dienone is 8. The average Bonchev–Trinajstić information content (AvgIpc) is 3.64. The summed E-state index contributed by atoms with van der Waals surface area (Å²) < 4.78 is 0. The molecule has 4 aromatic rings. The minimum absolute atomic E-state index is 0.730. The number of hydrogen-bond acceptors (Lipinski definition) is 5. The van der Waals surface area contributed by atoms with Gasteiger partial charge in [0, 0.05) is 40.5 Å². The van der Waals surface area contributed by atoms with E-state index in [1.807, 2.05) is 51.8 Å². The predicted octanol–water partition coefficient (Wildman–Crippen LogP) is 5.98. The predicted molar refractivity (Wildman–Crippen MR) is 153 cm³/mol. The van der Waals surface area contributed by atoms with Crippen LogP contribution in [0.2, 0.25) is 0 Å². The molecule has 7 heteroatoms. The summed E-state index contributed by atoms with van der Waals surface area (Å²) in [7, 11) is 4.02. The highest BCUT2D eigenvalue weighted by Crippen LogP contribution is 2.34. The van der Waals surface area contributed by atoms with Crippen LogP contribution in [0.25, 0.3) is 44.3 Å². The highest BCUT2D eigenvalue weighted by atomic mass is 15.1. The zero-order chi connectivity index (χ0) is 25.9. The average molecular weight is 490 g/mol. The monoisotopic (exact) mass is 489 g/mol. The summed E-state index contributed by atoms with van der Waals surface area (Å²) in [5.74, 6) is 0. The number of H-pyrrole nitrogens is 2. The molecule has 0 radical (unpaired) electrons. The molecular weight excluding hydrogens is 458 g/mol. The van der Waals surface area contributed by atoms with Gasteiger partial charge in [0.25, 0.3) is 0 Å². The standard InChI is InChI=1S/C30H31N7/c1-6-20(12-22(7-2)33-19(3)18-37(4)5)26-14-24-29(17-32-26)35-36-30(24)27-13-23-25(21-10-8-9-11-21)15-31-16-28(23)34-27/h6-8,10-17,33-34H,2-3,9,18H2,1,4-5H3,(H,35,36)/b20-6+,22-12+. The van der Waals surface area contributed by atoms with Gasteiger partial charge in [-0.1, -0.05) is 37.5 Å². The molecule has 4 heterocycles. The quantitative estimate of drug-likeness (QED) is 0.252. The van der Waals surface area contributed by atoms with E-state index in [0.717, 1.165) is 74.4 Å². The van der Waals surface area contributed by atoms with Gasteiger partial charge in [-0.15, -0.1) is 0 Å². The second-order valence-corrected chi connectivity index (χ2v) is 9.33. The van der Waals surface area contributed by atoms with Crippen LogP contribution in [0.3, 0.4) is 0 Å². The number of hydrogen-bond donors (Lipinski definition) is 3. The zero-order valence-electron chi connectivity index (χ0n) is 21.5. The van der Waals surface area contributed by atoms with Crippen LogP contribution < -0.4 is 5.32 Å². The van der Waals surface area contributed by atoms with Gasteiger partial charge in [-0.25, -0.2) is 0 Å². The first-order valence-electron chi connectivity index (χ1n) is 12.3. The van der Waals surface area contributed by atoms with Crippen molar-refractivity contribution in [2.75, 3.05) is 20.6 Å². The first kappa shape index (κ1) is 24.2. The second-order valence-electron chi connectivity index (χ2n) is 9.33. The third-order valence-corrected chi connectivity index (χ3v) is 6.30. The molecule has 0 unspecified atom stereocenters. The summed E-state index contributed by atoms with van der Waals surface area (Å²) in [5.41, 5.74) is 9.52. The zero-order valence-corrected chi connectivity index (χ0v) is 21.5. The van der Waals surface area contributed by atoms with Crippen molar-refractivity contribution in [3.8, 4) is 11.4 Å². The van der Waals surface area contributed by atoms with Crippen molar-refractivity contribution >= 4 is 33.0 Å². The lowest BCUT2D eigenvalue weighted by Crippen LogP contribution is -2.23. The molecular formula is C30H31N7. The molecule has 0 amide bonds. The molecule has 7 nitrogen and oxygen atoms in total. The van der Waals surface area contributed by atoms with Crippen molar-refractivity contribution in [1.29, 1.82) is 0 Å².